The lowest BCUT2D eigenvalue weighted by molar-refractivity contribution is 1.35. The first kappa shape index (κ1) is 7.93. The molecule has 3 nitrogen and oxygen atoms in total. The number of H-pyrrole nitrogens is 2. The Morgan fingerprint density at radius 2 is 1.81 bits per heavy atom. The molecule has 4 aromatic rings. The lowest BCUT2D eigenvalue weighted by Crippen LogP contribution is -1.76. The van der Waals surface area contributed by atoms with Gasteiger partial charge in [0.25, 0.3) is 0 Å². The van der Waals surface area contributed by atoms with Gasteiger partial charge < -0.3 is 9.97 Å². The van der Waals surface area contributed by atoms with Crippen LogP contribution in [0.5, 0.6) is 0 Å². The molecule has 3 heteroatoms. The average molecular weight is 207 g/mol. The fourth-order valence-corrected chi connectivity index (χ4v) is 2.33. The smallest absolute Gasteiger partial charge is 0.139 e. The number of hydrogen-bond donors (Lipinski definition) is 2. The van der Waals surface area contributed by atoms with Crippen LogP contribution in [0.15, 0.2) is 42.7 Å². The van der Waals surface area contributed by atoms with Crippen molar-refractivity contribution >= 4 is 32.8 Å². The second-order valence-electron chi connectivity index (χ2n) is 3.96. The normalized spacial score (nSPS) is 11.8. The standard InChI is InChI=1S/C13H9N3/c1-2-4-10-8(3-1)12-9-5-6-14-11(9)7-15-13(12)16-10/h1-7,14H,(H,15,16). The molecule has 16 heavy (non-hydrogen) atoms. The first-order valence-corrected chi connectivity index (χ1v) is 5.26. The number of rotatable bonds is 0. The van der Waals surface area contributed by atoms with Crippen molar-refractivity contribution in [2.24, 2.45) is 0 Å². The van der Waals surface area contributed by atoms with Crippen LogP contribution in [0.2, 0.25) is 0 Å². The van der Waals surface area contributed by atoms with Gasteiger partial charge in [0.2, 0.25) is 0 Å². The number of nitrogens with zero attached hydrogens (tertiary/aromatic N) is 1. The van der Waals surface area contributed by atoms with Gasteiger partial charge in [-0.15, -0.1) is 0 Å². The molecule has 0 bridgehead atoms. The maximum absolute atomic E-state index is 4.43. The van der Waals surface area contributed by atoms with E-state index in [1.54, 1.807) is 0 Å². The quantitative estimate of drug-likeness (QED) is 0.457. The van der Waals surface area contributed by atoms with Gasteiger partial charge in [-0.1, -0.05) is 18.2 Å². The summed E-state index contributed by atoms with van der Waals surface area (Å²) in [7, 11) is 0. The third-order valence-electron chi connectivity index (χ3n) is 3.06. The Morgan fingerprint density at radius 3 is 2.81 bits per heavy atom. The number of aromatic nitrogens is 3. The molecule has 0 aliphatic heterocycles. The Bertz CT molecular complexity index is 808. The number of hydrogen-bond acceptors (Lipinski definition) is 1. The van der Waals surface area contributed by atoms with E-state index < -0.39 is 0 Å². The summed E-state index contributed by atoms with van der Waals surface area (Å²) in [6, 6.07) is 10.4. The van der Waals surface area contributed by atoms with Crippen molar-refractivity contribution in [1.29, 1.82) is 0 Å². The molecule has 76 valence electrons. The highest BCUT2D eigenvalue weighted by Gasteiger charge is 2.08. The van der Waals surface area contributed by atoms with Gasteiger partial charge in [-0.2, -0.15) is 0 Å². The molecule has 1 aromatic carbocycles. The summed E-state index contributed by atoms with van der Waals surface area (Å²) in [4.78, 5) is 11.0. The molecule has 3 heterocycles. The van der Waals surface area contributed by atoms with E-state index >= 15 is 0 Å². The summed E-state index contributed by atoms with van der Waals surface area (Å²) in [6.45, 7) is 0. The van der Waals surface area contributed by atoms with Crippen molar-refractivity contribution in [2.75, 3.05) is 0 Å². The molecule has 0 atom stereocenters. The van der Waals surface area contributed by atoms with Crippen LogP contribution in [0.3, 0.4) is 0 Å². The van der Waals surface area contributed by atoms with E-state index in [0.29, 0.717) is 0 Å². The summed E-state index contributed by atoms with van der Waals surface area (Å²) in [6.07, 6.45) is 3.82. The Balaban J connectivity index is 2.42. The monoisotopic (exact) mass is 207 g/mol. The van der Waals surface area contributed by atoms with Crippen molar-refractivity contribution in [2.45, 2.75) is 0 Å². The minimum absolute atomic E-state index is 0.952. The molecule has 0 saturated heterocycles. The minimum Gasteiger partial charge on any atom is -0.360 e. The average Bonchev–Trinajstić information content (AvgIpc) is 2.91. The number of aromatic amines is 2. The van der Waals surface area contributed by atoms with E-state index in [1.165, 1.54) is 16.2 Å². The minimum atomic E-state index is 0.952. The molecule has 0 unspecified atom stereocenters. The zero-order valence-corrected chi connectivity index (χ0v) is 8.49. The van der Waals surface area contributed by atoms with E-state index in [-0.39, 0.29) is 0 Å². The zero-order valence-electron chi connectivity index (χ0n) is 8.49. The SMILES string of the molecule is c1ccc2c(c1)[nH]c1ncc3[nH]ccc3c12. The molecule has 0 radical (unpaired) electrons. The highest BCUT2D eigenvalue weighted by Crippen LogP contribution is 2.29. The first-order valence-electron chi connectivity index (χ1n) is 5.26. The maximum atomic E-state index is 4.43. The Hall–Kier alpha value is -2.29. The summed E-state index contributed by atoms with van der Waals surface area (Å²) in [5.74, 6) is 0. The van der Waals surface area contributed by atoms with Crippen molar-refractivity contribution < 1.29 is 0 Å². The Labute approximate surface area is 91.1 Å². The largest absolute Gasteiger partial charge is 0.360 e. The van der Waals surface area contributed by atoms with E-state index in [9.17, 15) is 0 Å². The number of nitrogens with one attached hydrogen (secondary N) is 2. The molecule has 4 rings (SSSR count). The lowest BCUT2D eigenvalue weighted by atomic mass is 10.1. The zero-order chi connectivity index (χ0) is 10.5. The van der Waals surface area contributed by atoms with E-state index in [0.717, 1.165) is 16.7 Å². The predicted molar refractivity (Wildman–Crippen MR) is 65.5 cm³/mol. The molecule has 0 aliphatic rings. The van der Waals surface area contributed by atoms with Crippen LogP contribution in [0, 0.1) is 0 Å². The molecule has 3 aromatic heterocycles. The van der Waals surface area contributed by atoms with Crippen molar-refractivity contribution in [3.05, 3.63) is 42.7 Å². The van der Waals surface area contributed by atoms with Gasteiger partial charge in [0.15, 0.2) is 0 Å². The van der Waals surface area contributed by atoms with E-state index in [1.807, 2.05) is 18.5 Å². The lowest BCUT2D eigenvalue weighted by Gasteiger charge is -1.92. The number of pyridine rings is 1. The predicted octanol–water partition coefficient (Wildman–Crippen LogP) is 3.20. The van der Waals surface area contributed by atoms with Gasteiger partial charge in [0.05, 0.1) is 11.7 Å². The summed E-state index contributed by atoms with van der Waals surface area (Å²) >= 11 is 0. The maximum Gasteiger partial charge on any atom is 0.139 e. The van der Waals surface area contributed by atoms with E-state index in [2.05, 4.69) is 39.2 Å². The Kier molecular flexibility index (Phi) is 1.31. The van der Waals surface area contributed by atoms with Crippen molar-refractivity contribution in [3.63, 3.8) is 0 Å². The summed E-state index contributed by atoms with van der Waals surface area (Å²) in [5, 5.41) is 3.66. The van der Waals surface area contributed by atoms with Crippen molar-refractivity contribution in [1.82, 2.24) is 15.0 Å². The van der Waals surface area contributed by atoms with Crippen molar-refractivity contribution in [3.8, 4) is 0 Å². The Morgan fingerprint density at radius 1 is 0.938 bits per heavy atom. The number of benzene rings is 1. The second kappa shape index (κ2) is 2.64. The van der Waals surface area contributed by atoms with E-state index in [4.69, 9.17) is 0 Å². The molecule has 0 fully saturated rings. The molecule has 0 aliphatic carbocycles. The molecule has 0 amide bonds. The number of fused-ring (bicyclic) bond motifs is 5. The highest BCUT2D eigenvalue weighted by atomic mass is 14.9. The topological polar surface area (TPSA) is 44.5 Å². The molecule has 0 saturated carbocycles. The first-order chi connectivity index (χ1) is 7.93. The fourth-order valence-electron chi connectivity index (χ4n) is 2.33. The van der Waals surface area contributed by atoms with Gasteiger partial charge in [-0.05, 0) is 12.1 Å². The fraction of sp³-hybridized carbons (Fsp3) is 0. The summed E-state index contributed by atoms with van der Waals surface area (Å²) in [5.41, 5.74) is 3.17. The van der Waals surface area contributed by atoms with Gasteiger partial charge in [-0.25, -0.2) is 4.98 Å². The second-order valence-corrected chi connectivity index (χ2v) is 3.96. The van der Waals surface area contributed by atoms with Gasteiger partial charge in [0.1, 0.15) is 5.65 Å². The highest BCUT2D eigenvalue weighted by molar-refractivity contribution is 6.18. The third-order valence-corrected chi connectivity index (χ3v) is 3.06. The van der Waals surface area contributed by atoms with Crippen LogP contribution in [0.1, 0.15) is 0 Å². The van der Waals surface area contributed by atoms with Crippen LogP contribution in [-0.4, -0.2) is 15.0 Å². The van der Waals surface area contributed by atoms with Crippen LogP contribution < -0.4 is 0 Å². The molecular weight excluding hydrogens is 198 g/mol. The number of para-hydroxylation sites is 1. The molecule has 2 N–H and O–H groups in total. The third kappa shape index (κ3) is 0.852. The van der Waals surface area contributed by atoms with Gasteiger partial charge in [-0.3, -0.25) is 0 Å². The van der Waals surface area contributed by atoms with Gasteiger partial charge >= 0.3 is 0 Å². The van der Waals surface area contributed by atoms with Crippen LogP contribution in [0.4, 0.5) is 0 Å². The van der Waals surface area contributed by atoms with Gasteiger partial charge in [0, 0.05) is 27.9 Å². The van der Waals surface area contributed by atoms with Crippen LogP contribution in [-0.2, 0) is 0 Å². The summed E-state index contributed by atoms with van der Waals surface area (Å²) < 4.78 is 0. The van der Waals surface area contributed by atoms with Crippen LogP contribution >= 0.6 is 0 Å². The van der Waals surface area contributed by atoms with Crippen LogP contribution in [0.25, 0.3) is 32.8 Å². The molecular formula is C13H9N3. The molecule has 0 spiro atoms.